The lowest BCUT2D eigenvalue weighted by atomic mass is 10.0. The van der Waals surface area contributed by atoms with Crippen molar-refractivity contribution < 1.29 is 28.6 Å². The third-order valence-corrected chi connectivity index (χ3v) is 15.9. The van der Waals surface area contributed by atoms with Gasteiger partial charge in [0.1, 0.15) is 13.2 Å². The fraction of sp³-hybridized carbons (Fsp3) is 0.803. The van der Waals surface area contributed by atoms with Crippen LogP contribution in [0.1, 0.15) is 374 Å². The summed E-state index contributed by atoms with van der Waals surface area (Å²) in [7, 11) is 0. The number of esters is 3. The van der Waals surface area contributed by atoms with Crippen molar-refractivity contribution in [3.8, 4) is 0 Å². The molecule has 1 unspecified atom stereocenters. The van der Waals surface area contributed by atoms with E-state index in [0.717, 1.165) is 103 Å². The molecule has 6 nitrogen and oxygen atoms in total. The Morgan fingerprint density at radius 1 is 0.244 bits per heavy atom. The van der Waals surface area contributed by atoms with Crippen molar-refractivity contribution in [3.05, 3.63) is 72.9 Å². The van der Waals surface area contributed by atoms with Gasteiger partial charge >= 0.3 is 17.9 Å². The van der Waals surface area contributed by atoms with E-state index in [9.17, 15) is 14.4 Å². The first-order chi connectivity index (χ1) is 40.5. The van der Waals surface area contributed by atoms with E-state index in [1.54, 1.807) is 0 Å². The highest BCUT2D eigenvalue weighted by Gasteiger charge is 2.19. The SMILES string of the molecule is CCCCC/C=C\C/C=C\C/C=C\CCCCCCCCC(=O)OC(COC(=O)CCCCCCC/C=C\C/C=C\CCCCCC)COC(=O)CCCCCCCCCCCCCCCCCCC/C=C\CCCCCCCCCC. The summed E-state index contributed by atoms with van der Waals surface area (Å²) in [5.41, 5.74) is 0. The highest BCUT2D eigenvalue weighted by Crippen LogP contribution is 2.17. The van der Waals surface area contributed by atoms with Crippen LogP contribution in [0.5, 0.6) is 0 Å². The van der Waals surface area contributed by atoms with Crippen LogP contribution in [-0.2, 0) is 28.6 Å². The van der Waals surface area contributed by atoms with Crippen molar-refractivity contribution in [1.82, 2.24) is 0 Å². The Morgan fingerprint density at radius 2 is 0.439 bits per heavy atom. The average molecular weight is 1150 g/mol. The quantitative estimate of drug-likeness (QED) is 0.0261. The number of hydrogen-bond donors (Lipinski definition) is 0. The fourth-order valence-electron chi connectivity index (χ4n) is 10.5. The second-order valence-electron chi connectivity index (χ2n) is 24.1. The molecule has 82 heavy (non-hydrogen) atoms. The Balaban J connectivity index is 4.28. The Morgan fingerprint density at radius 3 is 0.732 bits per heavy atom. The Kier molecular flexibility index (Phi) is 67.6. The summed E-state index contributed by atoms with van der Waals surface area (Å²) in [6.45, 7) is 6.62. The van der Waals surface area contributed by atoms with Crippen molar-refractivity contribution in [3.63, 3.8) is 0 Å². The third kappa shape index (κ3) is 67.6. The lowest BCUT2D eigenvalue weighted by Gasteiger charge is -2.18. The number of hydrogen-bond acceptors (Lipinski definition) is 6. The largest absolute Gasteiger partial charge is 0.462 e. The van der Waals surface area contributed by atoms with Gasteiger partial charge in [-0.1, -0.05) is 312 Å². The highest BCUT2D eigenvalue weighted by atomic mass is 16.6. The van der Waals surface area contributed by atoms with E-state index >= 15 is 0 Å². The van der Waals surface area contributed by atoms with Crippen LogP contribution in [0.25, 0.3) is 0 Å². The van der Waals surface area contributed by atoms with Crippen LogP contribution in [0.15, 0.2) is 72.9 Å². The van der Waals surface area contributed by atoms with Crippen molar-refractivity contribution in [2.24, 2.45) is 0 Å². The molecule has 0 fully saturated rings. The zero-order valence-corrected chi connectivity index (χ0v) is 54.8. The molecule has 0 aliphatic heterocycles. The van der Waals surface area contributed by atoms with Crippen molar-refractivity contribution in [2.75, 3.05) is 13.2 Å². The van der Waals surface area contributed by atoms with E-state index < -0.39 is 6.10 Å². The second kappa shape index (κ2) is 70.3. The number of carbonyl (C=O) groups is 3. The van der Waals surface area contributed by atoms with Gasteiger partial charge in [-0.05, 0) is 116 Å². The zero-order chi connectivity index (χ0) is 59.2. The van der Waals surface area contributed by atoms with Gasteiger partial charge in [0.2, 0.25) is 0 Å². The maximum Gasteiger partial charge on any atom is 0.306 e. The molecule has 0 aromatic rings. The van der Waals surface area contributed by atoms with E-state index in [0.29, 0.717) is 19.3 Å². The van der Waals surface area contributed by atoms with Crippen LogP contribution >= 0.6 is 0 Å². The van der Waals surface area contributed by atoms with Gasteiger partial charge in [-0.15, -0.1) is 0 Å². The molecule has 1 atom stereocenters. The van der Waals surface area contributed by atoms with Gasteiger partial charge < -0.3 is 14.2 Å². The van der Waals surface area contributed by atoms with Gasteiger partial charge in [0.05, 0.1) is 0 Å². The summed E-state index contributed by atoms with van der Waals surface area (Å²) in [6.07, 6.45) is 92.2. The Bertz CT molecular complexity index is 1500. The second-order valence-corrected chi connectivity index (χ2v) is 24.1. The van der Waals surface area contributed by atoms with Crippen molar-refractivity contribution in [1.29, 1.82) is 0 Å². The first kappa shape index (κ1) is 78.8. The number of allylic oxidation sites excluding steroid dienone is 12. The molecular formula is C76H136O6. The van der Waals surface area contributed by atoms with E-state index in [1.165, 1.54) is 231 Å². The molecule has 0 rings (SSSR count). The molecular weight excluding hydrogens is 1010 g/mol. The Hall–Kier alpha value is -3.15. The molecule has 0 aromatic heterocycles. The van der Waals surface area contributed by atoms with Crippen LogP contribution in [0.3, 0.4) is 0 Å². The van der Waals surface area contributed by atoms with Gasteiger partial charge in [0, 0.05) is 19.3 Å². The predicted molar refractivity (Wildman–Crippen MR) is 358 cm³/mol. The van der Waals surface area contributed by atoms with Gasteiger partial charge in [0.25, 0.3) is 0 Å². The minimum Gasteiger partial charge on any atom is -0.462 e. The Labute approximate surface area is 510 Å². The standard InChI is InChI=1S/C76H136O6/c1-4-7-10-13-16-19-22-25-28-31-33-34-35-36-37-38-39-40-41-42-44-45-48-51-54-57-60-63-66-69-75(78)81-72-73(71-80-74(77)68-65-62-59-56-53-50-47-30-27-24-21-18-15-12-9-6-3)82-76(79)70-67-64-61-58-55-52-49-46-43-32-29-26-23-20-17-14-11-8-5-2/h17,20-21,24,26,29-31,33,43,46-47,73H,4-16,18-19,22-23,25,27-28,32,34-42,44-45,48-72H2,1-3H3/b20-17-,24-21-,29-26-,33-31-,46-43-,47-30-. The first-order valence-electron chi connectivity index (χ1n) is 35.9. The molecule has 0 saturated carbocycles. The van der Waals surface area contributed by atoms with E-state index in [2.05, 4.69) is 93.7 Å². The third-order valence-electron chi connectivity index (χ3n) is 15.9. The lowest BCUT2D eigenvalue weighted by molar-refractivity contribution is -0.167. The van der Waals surface area contributed by atoms with Gasteiger partial charge in [-0.2, -0.15) is 0 Å². The monoisotopic (exact) mass is 1150 g/mol. The smallest absolute Gasteiger partial charge is 0.306 e. The van der Waals surface area contributed by atoms with E-state index in [4.69, 9.17) is 14.2 Å². The van der Waals surface area contributed by atoms with Crippen LogP contribution in [0.4, 0.5) is 0 Å². The van der Waals surface area contributed by atoms with E-state index in [1.807, 2.05) is 0 Å². The van der Waals surface area contributed by atoms with Crippen LogP contribution in [-0.4, -0.2) is 37.2 Å². The minimum atomic E-state index is -0.790. The average Bonchev–Trinajstić information content (AvgIpc) is 3.47. The fourth-order valence-corrected chi connectivity index (χ4v) is 10.5. The molecule has 0 spiro atoms. The minimum absolute atomic E-state index is 0.0827. The number of rotatable bonds is 66. The maximum absolute atomic E-state index is 12.9. The summed E-state index contributed by atoms with van der Waals surface area (Å²) in [4.78, 5) is 38.5. The van der Waals surface area contributed by atoms with Crippen molar-refractivity contribution in [2.45, 2.75) is 380 Å². The van der Waals surface area contributed by atoms with Crippen LogP contribution in [0, 0.1) is 0 Å². The number of unbranched alkanes of at least 4 members (excludes halogenated alkanes) is 43. The summed E-state index contributed by atoms with van der Waals surface area (Å²) in [5, 5.41) is 0. The van der Waals surface area contributed by atoms with E-state index in [-0.39, 0.29) is 31.1 Å². The molecule has 0 aliphatic rings. The zero-order valence-electron chi connectivity index (χ0n) is 54.8. The maximum atomic E-state index is 12.9. The van der Waals surface area contributed by atoms with Gasteiger partial charge in [-0.3, -0.25) is 14.4 Å². The summed E-state index contributed by atoms with van der Waals surface area (Å²) < 4.78 is 17.0. The molecule has 6 heteroatoms. The summed E-state index contributed by atoms with van der Waals surface area (Å²) in [5.74, 6) is -0.890. The molecule has 0 N–H and O–H groups in total. The molecule has 0 amide bonds. The predicted octanol–water partition coefficient (Wildman–Crippen LogP) is 24.8. The number of carbonyl (C=O) groups excluding carboxylic acids is 3. The highest BCUT2D eigenvalue weighted by molar-refractivity contribution is 5.71. The normalized spacial score (nSPS) is 12.5. The molecule has 0 bridgehead atoms. The summed E-state index contributed by atoms with van der Waals surface area (Å²) >= 11 is 0. The molecule has 0 radical (unpaired) electrons. The van der Waals surface area contributed by atoms with Crippen LogP contribution in [0.2, 0.25) is 0 Å². The molecule has 0 saturated heterocycles. The molecule has 0 aliphatic carbocycles. The van der Waals surface area contributed by atoms with Crippen molar-refractivity contribution >= 4 is 17.9 Å². The van der Waals surface area contributed by atoms with Crippen LogP contribution < -0.4 is 0 Å². The summed E-state index contributed by atoms with van der Waals surface area (Å²) in [6, 6.07) is 0. The molecule has 476 valence electrons. The first-order valence-corrected chi connectivity index (χ1v) is 35.9. The lowest BCUT2D eigenvalue weighted by Crippen LogP contribution is -2.30. The van der Waals surface area contributed by atoms with Gasteiger partial charge in [-0.25, -0.2) is 0 Å². The molecule has 0 heterocycles. The van der Waals surface area contributed by atoms with Gasteiger partial charge in [0.15, 0.2) is 6.10 Å². The number of ether oxygens (including phenoxy) is 3. The topological polar surface area (TPSA) is 78.9 Å². The molecule has 0 aromatic carbocycles.